The van der Waals surface area contributed by atoms with Crippen LogP contribution >= 0.6 is 0 Å². The molecule has 0 aromatic heterocycles. The standard InChI is InChI=1S/C6H13NO2/c1-5-6(8,4-7)2-3-9-5/h5,8H,2-4,7H2,1H3/t5-,6+/m0/s1. The Morgan fingerprint density at radius 3 is 2.78 bits per heavy atom. The Labute approximate surface area is 54.8 Å². The van der Waals surface area contributed by atoms with Gasteiger partial charge in [-0.25, -0.2) is 0 Å². The van der Waals surface area contributed by atoms with Gasteiger partial charge in [-0.05, 0) is 6.92 Å². The molecule has 54 valence electrons. The van der Waals surface area contributed by atoms with Crippen molar-refractivity contribution in [2.75, 3.05) is 13.2 Å². The van der Waals surface area contributed by atoms with Crippen LogP contribution in [0.2, 0.25) is 0 Å². The van der Waals surface area contributed by atoms with Crippen molar-refractivity contribution in [3.63, 3.8) is 0 Å². The highest BCUT2D eigenvalue weighted by molar-refractivity contribution is 4.90. The van der Waals surface area contributed by atoms with Gasteiger partial charge in [0.25, 0.3) is 0 Å². The molecule has 0 amide bonds. The zero-order valence-electron chi connectivity index (χ0n) is 5.63. The van der Waals surface area contributed by atoms with Crippen molar-refractivity contribution < 1.29 is 9.84 Å². The van der Waals surface area contributed by atoms with E-state index in [0.29, 0.717) is 19.6 Å². The van der Waals surface area contributed by atoms with Crippen LogP contribution in [0.3, 0.4) is 0 Å². The fraction of sp³-hybridized carbons (Fsp3) is 1.00. The van der Waals surface area contributed by atoms with Crippen LogP contribution < -0.4 is 5.73 Å². The lowest BCUT2D eigenvalue weighted by atomic mass is 9.97. The first-order chi connectivity index (χ1) is 4.19. The first kappa shape index (κ1) is 6.99. The van der Waals surface area contributed by atoms with Crippen molar-refractivity contribution in [3.8, 4) is 0 Å². The van der Waals surface area contributed by atoms with Gasteiger partial charge >= 0.3 is 0 Å². The van der Waals surface area contributed by atoms with Crippen molar-refractivity contribution in [2.24, 2.45) is 5.73 Å². The normalized spacial score (nSPS) is 43.7. The fourth-order valence-electron chi connectivity index (χ4n) is 1.04. The molecule has 1 aliphatic heterocycles. The minimum Gasteiger partial charge on any atom is -0.386 e. The molecule has 0 aliphatic carbocycles. The van der Waals surface area contributed by atoms with E-state index in [2.05, 4.69) is 0 Å². The van der Waals surface area contributed by atoms with Crippen LogP contribution in [-0.4, -0.2) is 30.0 Å². The van der Waals surface area contributed by atoms with E-state index in [9.17, 15) is 5.11 Å². The maximum atomic E-state index is 9.52. The number of rotatable bonds is 1. The van der Waals surface area contributed by atoms with Gasteiger partial charge in [0.05, 0.1) is 6.10 Å². The third-order valence-electron chi connectivity index (χ3n) is 2.01. The van der Waals surface area contributed by atoms with E-state index < -0.39 is 5.60 Å². The van der Waals surface area contributed by atoms with Crippen LogP contribution in [0.25, 0.3) is 0 Å². The van der Waals surface area contributed by atoms with Crippen LogP contribution in [0.1, 0.15) is 13.3 Å². The van der Waals surface area contributed by atoms with Crippen molar-refractivity contribution in [1.82, 2.24) is 0 Å². The van der Waals surface area contributed by atoms with E-state index in [0.717, 1.165) is 0 Å². The summed E-state index contributed by atoms with van der Waals surface area (Å²) in [6.45, 7) is 2.78. The SMILES string of the molecule is C[C@@H]1OCC[C@@]1(O)CN. The van der Waals surface area contributed by atoms with Crippen molar-refractivity contribution in [1.29, 1.82) is 0 Å². The molecule has 9 heavy (non-hydrogen) atoms. The number of hydrogen-bond acceptors (Lipinski definition) is 3. The molecule has 0 saturated carbocycles. The Hall–Kier alpha value is -0.120. The average Bonchev–Trinajstić information content (AvgIpc) is 2.15. The van der Waals surface area contributed by atoms with E-state index >= 15 is 0 Å². The Bertz CT molecular complexity index is 107. The molecule has 1 rings (SSSR count). The predicted molar refractivity (Wildman–Crippen MR) is 34.0 cm³/mol. The van der Waals surface area contributed by atoms with E-state index in [1.807, 2.05) is 6.92 Å². The summed E-state index contributed by atoms with van der Waals surface area (Å²) in [4.78, 5) is 0. The summed E-state index contributed by atoms with van der Waals surface area (Å²) in [5.41, 5.74) is 4.58. The lowest BCUT2D eigenvalue weighted by Gasteiger charge is -2.23. The minimum atomic E-state index is -0.750. The quantitative estimate of drug-likeness (QED) is 0.503. The number of aliphatic hydroxyl groups is 1. The number of hydrogen-bond donors (Lipinski definition) is 2. The van der Waals surface area contributed by atoms with E-state index in [-0.39, 0.29) is 6.10 Å². The maximum absolute atomic E-state index is 9.52. The Morgan fingerprint density at radius 1 is 1.89 bits per heavy atom. The molecule has 3 N–H and O–H groups in total. The summed E-state index contributed by atoms with van der Waals surface area (Å²) in [5.74, 6) is 0. The van der Waals surface area contributed by atoms with Gasteiger partial charge in [-0.2, -0.15) is 0 Å². The van der Waals surface area contributed by atoms with Gasteiger partial charge in [0.1, 0.15) is 5.60 Å². The van der Waals surface area contributed by atoms with Crippen LogP contribution in [0.5, 0.6) is 0 Å². The molecule has 1 heterocycles. The summed E-state index contributed by atoms with van der Waals surface area (Å²) in [7, 11) is 0. The minimum absolute atomic E-state index is 0.0949. The molecule has 0 bridgehead atoms. The van der Waals surface area contributed by atoms with Crippen molar-refractivity contribution in [3.05, 3.63) is 0 Å². The van der Waals surface area contributed by atoms with Gasteiger partial charge in [-0.15, -0.1) is 0 Å². The molecule has 0 aromatic rings. The highest BCUT2D eigenvalue weighted by atomic mass is 16.5. The molecular weight excluding hydrogens is 118 g/mol. The molecule has 1 saturated heterocycles. The average molecular weight is 131 g/mol. The first-order valence-electron chi connectivity index (χ1n) is 3.23. The van der Waals surface area contributed by atoms with E-state index in [4.69, 9.17) is 10.5 Å². The molecule has 0 spiro atoms. The van der Waals surface area contributed by atoms with Crippen molar-refractivity contribution in [2.45, 2.75) is 25.0 Å². The Morgan fingerprint density at radius 2 is 2.56 bits per heavy atom. The van der Waals surface area contributed by atoms with Crippen LogP contribution in [0.15, 0.2) is 0 Å². The summed E-state index contributed by atoms with van der Waals surface area (Å²) in [5, 5.41) is 9.52. The van der Waals surface area contributed by atoms with Gasteiger partial charge in [0.15, 0.2) is 0 Å². The molecule has 2 atom stereocenters. The van der Waals surface area contributed by atoms with E-state index in [1.165, 1.54) is 0 Å². The first-order valence-corrected chi connectivity index (χ1v) is 3.23. The van der Waals surface area contributed by atoms with Gasteiger partial charge in [0.2, 0.25) is 0 Å². The predicted octanol–water partition coefficient (Wildman–Crippen LogP) is -0.515. The third-order valence-corrected chi connectivity index (χ3v) is 2.01. The summed E-state index contributed by atoms with van der Waals surface area (Å²) >= 11 is 0. The second-order valence-corrected chi connectivity index (χ2v) is 2.57. The molecule has 1 aliphatic rings. The Kier molecular flexibility index (Phi) is 1.75. The van der Waals surface area contributed by atoms with Crippen LogP contribution in [-0.2, 0) is 4.74 Å². The topological polar surface area (TPSA) is 55.5 Å². The summed E-state index contributed by atoms with van der Waals surface area (Å²) in [6.07, 6.45) is 0.576. The second kappa shape index (κ2) is 2.25. The third kappa shape index (κ3) is 1.08. The smallest absolute Gasteiger partial charge is 0.105 e. The summed E-state index contributed by atoms with van der Waals surface area (Å²) in [6, 6.07) is 0. The molecule has 0 radical (unpaired) electrons. The molecular formula is C6H13NO2. The van der Waals surface area contributed by atoms with Gasteiger partial charge in [-0.3, -0.25) is 0 Å². The fourth-order valence-corrected chi connectivity index (χ4v) is 1.04. The van der Waals surface area contributed by atoms with Gasteiger partial charge in [-0.1, -0.05) is 0 Å². The number of nitrogens with two attached hydrogens (primary N) is 1. The zero-order chi connectivity index (χ0) is 6.91. The lowest BCUT2D eigenvalue weighted by Crippen LogP contribution is -2.43. The van der Waals surface area contributed by atoms with Gasteiger partial charge in [0, 0.05) is 19.6 Å². The highest BCUT2D eigenvalue weighted by Crippen LogP contribution is 2.23. The molecule has 1 fully saturated rings. The largest absolute Gasteiger partial charge is 0.386 e. The van der Waals surface area contributed by atoms with Crippen LogP contribution in [0.4, 0.5) is 0 Å². The molecule has 0 unspecified atom stereocenters. The lowest BCUT2D eigenvalue weighted by molar-refractivity contribution is -0.0204. The Balaban J connectivity index is 2.56. The molecule has 3 heteroatoms. The van der Waals surface area contributed by atoms with E-state index in [1.54, 1.807) is 0 Å². The molecule has 3 nitrogen and oxygen atoms in total. The second-order valence-electron chi connectivity index (χ2n) is 2.57. The van der Waals surface area contributed by atoms with Crippen LogP contribution in [0, 0.1) is 0 Å². The van der Waals surface area contributed by atoms with Crippen molar-refractivity contribution >= 4 is 0 Å². The van der Waals surface area contributed by atoms with Gasteiger partial charge < -0.3 is 15.6 Å². The zero-order valence-corrected chi connectivity index (χ0v) is 5.63. The maximum Gasteiger partial charge on any atom is 0.105 e. The highest BCUT2D eigenvalue weighted by Gasteiger charge is 2.37. The summed E-state index contributed by atoms with van der Waals surface area (Å²) < 4.78 is 5.13. The number of ether oxygens (including phenoxy) is 1. The monoisotopic (exact) mass is 131 g/mol. The molecule has 0 aromatic carbocycles.